The predicted molar refractivity (Wildman–Crippen MR) is 79.2 cm³/mol. The van der Waals surface area contributed by atoms with E-state index in [2.05, 4.69) is 37.5 Å². The van der Waals surface area contributed by atoms with Crippen LogP contribution < -0.4 is 0 Å². The van der Waals surface area contributed by atoms with Crippen LogP contribution in [-0.2, 0) is 4.79 Å². The molecule has 0 amide bonds. The first kappa shape index (κ1) is 15.0. The van der Waals surface area contributed by atoms with Gasteiger partial charge in [-0.2, -0.15) is 0 Å². The summed E-state index contributed by atoms with van der Waals surface area (Å²) in [5, 5.41) is 0. The van der Waals surface area contributed by atoms with Gasteiger partial charge in [0.1, 0.15) is 5.78 Å². The minimum atomic E-state index is 0.293. The van der Waals surface area contributed by atoms with Gasteiger partial charge in [0.05, 0.1) is 0 Å². The largest absolute Gasteiger partial charge is 0.300 e. The third kappa shape index (κ3) is 3.79. The van der Waals surface area contributed by atoms with Crippen LogP contribution in [0.5, 0.6) is 0 Å². The molecule has 19 heavy (non-hydrogen) atoms. The molecule has 2 fully saturated rings. The summed E-state index contributed by atoms with van der Waals surface area (Å²) in [4.78, 5) is 17.3. The van der Waals surface area contributed by atoms with Gasteiger partial charge in [-0.3, -0.25) is 9.69 Å². The highest BCUT2D eigenvalue weighted by Gasteiger charge is 2.34. The van der Waals surface area contributed by atoms with Crippen LogP contribution in [0.15, 0.2) is 0 Å². The maximum atomic E-state index is 12.2. The number of hydrogen-bond acceptors (Lipinski definition) is 3. The summed E-state index contributed by atoms with van der Waals surface area (Å²) in [6, 6.07) is 0.651. The van der Waals surface area contributed by atoms with Crippen molar-refractivity contribution in [3.63, 3.8) is 0 Å². The molecule has 0 aromatic carbocycles. The highest BCUT2D eigenvalue weighted by Crippen LogP contribution is 2.31. The average Bonchev–Trinajstić information content (AvgIpc) is 2.34. The first-order chi connectivity index (χ1) is 8.97. The van der Waals surface area contributed by atoms with Gasteiger partial charge in [0.25, 0.3) is 0 Å². The number of Topliss-reactive ketones (excluding diaryl/α,β-unsaturated/α-hetero) is 1. The molecular weight excluding hydrogens is 236 g/mol. The van der Waals surface area contributed by atoms with E-state index in [9.17, 15) is 4.79 Å². The lowest BCUT2D eigenvalue weighted by Crippen LogP contribution is -2.51. The standard InChI is InChI=1S/C16H30N2O/c1-12(2)18-7-5-17(6-8-18)11-15-14(4)9-13(3)10-16(15)19/h12-15H,5-11H2,1-4H3. The molecule has 0 aromatic rings. The third-order valence-electron chi connectivity index (χ3n) is 5.02. The number of piperazine rings is 1. The van der Waals surface area contributed by atoms with Crippen molar-refractivity contribution in [2.75, 3.05) is 32.7 Å². The molecule has 3 unspecified atom stereocenters. The van der Waals surface area contributed by atoms with Crippen LogP contribution in [0, 0.1) is 17.8 Å². The van der Waals surface area contributed by atoms with E-state index >= 15 is 0 Å². The van der Waals surface area contributed by atoms with Crippen LogP contribution in [0.2, 0.25) is 0 Å². The normalized spacial score (nSPS) is 35.0. The van der Waals surface area contributed by atoms with Crippen LogP contribution in [0.4, 0.5) is 0 Å². The van der Waals surface area contributed by atoms with E-state index in [1.165, 1.54) is 6.42 Å². The molecule has 1 heterocycles. The number of nitrogens with zero attached hydrogens (tertiary/aromatic N) is 2. The zero-order chi connectivity index (χ0) is 14.0. The Labute approximate surface area is 118 Å². The fourth-order valence-electron chi connectivity index (χ4n) is 3.72. The lowest BCUT2D eigenvalue weighted by Gasteiger charge is -2.40. The van der Waals surface area contributed by atoms with Crippen LogP contribution in [0.3, 0.4) is 0 Å². The van der Waals surface area contributed by atoms with E-state index in [1.54, 1.807) is 0 Å². The molecule has 0 radical (unpaired) electrons. The van der Waals surface area contributed by atoms with Gasteiger partial charge in [-0.15, -0.1) is 0 Å². The second kappa shape index (κ2) is 6.36. The van der Waals surface area contributed by atoms with Crippen LogP contribution in [0.1, 0.15) is 40.5 Å². The summed E-state index contributed by atoms with van der Waals surface area (Å²) in [5.74, 6) is 1.97. The number of hydrogen-bond donors (Lipinski definition) is 0. The van der Waals surface area contributed by atoms with Gasteiger partial charge in [0, 0.05) is 51.1 Å². The Bertz CT molecular complexity index is 308. The van der Waals surface area contributed by atoms with Crippen molar-refractivity contribution in [2.24, 2.45) is 17.8 Å². The van der Waals surface area contributed by atoms with Crippen molar-refractivity contribution in [1.29, 1.82) is 0 Å². The van der Waals surface area contributed by atoms with Gasteiger partial charge in [-0.05, 0) is 32.1 Å². The molecule has 110 valence electrons. The second-order valence-corrected chi connectivity index (χ2v) is 7.03. The predicted octanol–water partition coefficient (Wildman–Crippen LogP) is 2.26. The minimum absolute atomic E-state index is 0.293. The molecular formula is C16H30N2O. The van der Waals surface area contributed by atoms with E-state index < -0.39 is 0 Å². The lowest BCUT2D eigenvalue weighted by molar-refractivity contribution is -0.129. The smallest absolute Gasteiger partial charge is 0.137 e. The number of carbonyl (C=O) groups is 1. The van der Waals surface area contributed by atoms with Crippen molar-refractivity contribution in [2.45, 2.75) is 46.6 Å². The third-order valence-corrected chi connectivity index (χ3v) is 5.02. The van der Waals surface area contributed by atoms with Crippen molar-refractivity contribution < 1.29 is 4.79 Å². The van der Waals surface area contributed by atoms with Crippen molar-refractivity contribution in [1.82, 2.24) is 9.80 Å². The van der Waals surface area contributed by atoms with Crippen molar-refractivity contribution in [3.8, 4) is 0 Å². The zero-order valence-corrected chi connectivity index (χ0v) is 13.1. The molecule has 3 atom stereocenters. The van der Waals surface area contributed by atoms with Crippen LogP contribution in [-0.4, -0.2) is 54.3 Å². The molecule has 3 nitrogen and oxygen atoms in total. The molecule has 0 N–H and O–H groups in total. The SMILES string of the molecule is CC1CC(=O)C(CN2CCN(C(C)C)CC2)C(C)C1. The maximum Gasteiger partial charge on any atom is 0.137 e. The monoisotopic (exact) mass is 266 g/mol. The highest BCUT2D eigenvalue weighted by molar-refractivity contribution is 5.82. The maximum absolute atomic E-state index is 12.2. The van der Waals surface area contributed by atoms with E-state index in [4.69, 9.17) is 0 Å². The van der Waals surface area contributed by atoms with Crippen LogP contribution >= 0.6 is 0 Å². The molecule has 3 heteroatoms. The Morgan fingerprint density at radius 2 is 1.79 bits per heavy atom. The summed E-state index contributed by atoms with van der Waals surface area (Å²) in [6.45, 7) is 14.6. The second-order valence-electron chi connectivity index (χ2n) is 7.03. The van der Waals surface area contributed by atoms with Gasteiger partial charge < -0.3 is 4.90 Å². The minimum Gasteiger partial charge on any atom is -0.300 e. The molecule has 2 aliphatic rings. The summed E-state index contributed by atoms with van der Waals surface area (Å²) < 4.78 is 0. The van der Waals surface area contributed by atoms with Crippen molar-refractivity contribution >= 4 is 5.78 Å². The fourth-order valence-corrected chi connectivity index (χ4v) is 3.72. The average molecular weight is 266 g/mol. The molecule has 0 aromatic heterocycles. The molecule has 1 aliphatic carbocycles. The van der Waals surface area contributed by atoms with E-state index in [1.807, 2.05) is 0 Å². The van der Waals surface area contributed by atoms with Gasteiger partial charge >= 0.3 is 0 Å². The van der Waals surface area contributed by atoms with Crippen LogP contribution in [0.25, 0.3) is 0 Å². The Balaban J connectivity index is 1.83. The molecule has 1 saturated heterocycles. The molecule has 1 saturated carbocycles. The zero-order valence-electron chi connectivity index (χ0n) is 13.1. The Morgan fingerprint density at radius 1 is 1.16 bits per heavy atom. The Kier molecular flexibility index (Phi) is 5.02. The quantitative estimate of drug-likeness (QED) is 0.783. The van der Waals surface area contributed by atoms with Gasteiger partial charge in [-0.1, -0.05) is 13.8 Å². The van der Waals surface area contributed by atoms with E-state index in [0.29, 0.717) is 29.6 Å². The van der Waals surface area contributed by atoms with Crippen molar-refractivity contribution in [3.05, 3.63) is 0 Å². The Morgan fingerprint density at radius 3 is 2.32 bits per heavy atom. The summed E-state index contributed by atoms with van der Waals surface area (Å²) in [5.41, 5.74) is 0. The first-order valence-electron chi connectivity index (χ1n) is 7.96. The topological polar surface area (TPSA) is 23.6 Å². The van der Waals surface area contributed by atoms with Gasteiger partial charge in [0.15, 0.2) is 0 Å². The summed E-state index contributed by atoms with van der Waals surface area (Å²) in [7, 11) is 0. The molecule has 0 spiro atoms. The van der Waals surface area contributed by atoms with E-state index in [0.717, 1.165) is 39.1 Å². The first-order valence-corrected chi connectivity index (χ1v) is 7.96. The fraction of sp³-hybridized carbons (Fsp3) is 0.938. The number of carbonyl (C=O) groups excluding carboxylic acids is 1. The molecule has 1 aliphatic heterocycles. The molecule has 0 bridgehead atoms. The Hall–Kier alpha value is -0.410. The lowest BCUT2D eigenvalue weighted by atomic mass is 9.74. The van der Waals surface area contributed by atoms with Gasteiger partial charge in [0.2, 0.25) is 0 Å². The molecule has 2 rings (SSSR count). The number of rotatable bonds is 3. The summed E-state index contributed by atoms with van der Waals surface area (Å²) in [6.07, 6.45) is 2.03. The van der Waals surface area contributed by atoms with E-state index in [-0.39, 0.29) is 0 Å². The number of ketones is 1. The highest BCUT2D eigenvalue weighted by atomic mass is 16.1. The van der Waals surface area contributed by atoms with Gasteiger partial charge in [-0.25, -0.2) is 0 Å². The summed E-state index contributed by atoms with van der Waals surface area (Å²) >= 11 is 0.